The van der Waals surface area contributed by atoms with Gasteiger partial charge in [-0.3, -0.25) is 9.59 Å². The van der Waals surface area contributed by atoms with Crippen LogP contribution in [0.25, 0.3) is 0 Å². The first kappa shape index (κ1) is 18.6. The van der Waals surface area contributed by atoms with E-state index in [1.54, 1.807) is 6.92 Å². The molecule has 0 aliphatic heterocycles. The van der Waals surface area contributed by atoms with Crippen LogP contribution in [-0.4, -0.2) is 32.8 Å². The summed E-state index contributed by atoms with van der Waals surface area (Å²) >= 11 is 3.17. The van der Waals surface area contributed by atoms with Crippen molar-refractivity contribution in [3.05, 3.63) is 28.2 Å². The molecular weight excluding hydrogens is 374 g/mol. The van der Waals surface area contributed by atoms with Crippen molar-refractivity contribution in [2.45, 2.75) is 31.2 Å². The van der Waals surface area contributed by atoms with Gasteiger partial charge >= 0.3 is 0 Å². The Kier molecular flexibility index (Phi) is 6.51. The molecule has 0 saturated heterocycles. The Hall–Kier alpha value is -1.45. The molecule has 0 aromatic heterocycles. The van der Waals surface area contributed by atoms with Gasteiger partial charge in [0.1, 0.15) is 6.04 Å². The molecule has 7 nitrogen and oxygen atoms in total. The summed E-state index contributed by atoms with van der Waals surface area (Å²) in [6.07, 6.45) is 0.786. The van der Waals surface area contributed by atoms with Gasteiger partial charge < -0.3 is 10.6 Å². The molecule has 0 fully saturated rings. The van der Waals surface area contributed by atoms with Crippen molar-refractivity contribution in [1.82, 2.24) is 10.6 Å². The number of nitrogens with two attached hydrogens (primary N) is 1. The first-order valence-corrected chi connectivity index (χ1v) is 8.91. The van der Waals surface area contributed by atoms with Gasteiger partial charge in [-0.1, -0.05) is 6.92 Å². The van der Waals surface area contributed by atoms with E-state index < -0.39 is 22.0 Å². The lowest BCUT2D eigenvalue weighted by atomic mass is 10.2. The van der Waals surface area contributed by atoms with E-state index in [0.29, 0.717) is 11.0 Å². The first-order chi connectivity index (χ1) is 10.2. The molecule has 122 valence electrons. The number of benzene rings is 1. The van der Waals surface area contributed by atoms with Gasteiger partial charge in [0.2, 0.25) is 15.9 Å². The molecule has 0 aliphatic carbocycles. The average molecular weight is 392 g/mol. The van der Waals surface area contributed by atoms with Gasteiger partial charge in [-0.2, -0.15) is 0 Å². The van der Waals surface area contributed by atoms with Crippen molar-refractivity contribution >= 4 is 37.8 Å². The monoisotopic (exact) mass is 391 g/mol. The second-order valence-electron chi connectivity index (χ2n) is 4.67. The fraction of sp³-hybridized carbons (Fsp3) is 0.385. The summed E-state index contributed by atoms with van der Waals surface area (Å²) in [4.78, 5) is 23.7. The topological polar surface area (TPSA) is 118 Å². The van der Waals surface area contributed by atoms with Gasteiger partial charge in [0, 0.05) is 11.0 Å². The molecule has 22 heavy (non-hydrogen) atoms. The molecule has 2 amide bonds. The van der Waals surface area contributed by atoms with Gasteiger partial charge in [-0.25, -0.2) is 13.6 Å². The minimum Gasteiger partial charge on any atom is -0.354 e. The lowest BCUT2D eigenvalue weighted by Gasteiger charge is -2.14. The maximum atomic E-state index is 12.2. The highest BCUT2D eigenvalue weighted by atomic mass is 79.9. The fourth-order valence-corrected chi connectivity index (χ4v) is 2.56. The van der Waals surface area contributed by atoms with Crippen molar-refractivity contribution in [2.75, 3.05) is 6.54 Å². The van der Waals surface area contributed by atoms with Crippen LogP contribution in [0, 0.1) is 0 Å². The Bertz CT molecular complexity index is 676. The molecule has 0 spiro atoms. The minimum absolute atomic E-state index is 0.0849. The Morgan fingerprint density at radius 1 is 1.36 bits per heavy atom. The summed E-state index contributed by atoms with van der Waals surface area (Å²) < 4.78 is 23.1. The van der Waals surface area contributed by atoms with Crippen LogP contribution in [-0.2, 0) is 14.8 Å². The lowest BCUT2D eigenvalue weighted by molar-refractivity contribution is -0.122. The van der Waals surface area contributed by atoms with Crippen LogP contribution in [0.4, 0.5) is 0 Å². The zero-order chi connectivity index (χ0) is 16.9. The molecule has 4 N–H and O–H groups in total. The molecule has 0 radical (unpaired) electrons. The summed E-state index contributed by atoms with van der Waals surface area (Å²) in [5.41, 5.74) is 0.0849. The molecule has 0 aliphatic rings. The summed E-state index contributed by atoms with van der Waals surface area (Å²) in [5, 5.41) is 10.2. The standard InChI is InChI=1S/C13H18BrN3O4S/c1-3-6-16-12(18)8(2)17-13(19)10-7-9(22(15,20)21)4-5-11(10)14/h4-5,7-8H,3,6H2,1-2H3,(H,16,18)(H,17,19)(H2,15,20,21)/t8-/m1/s1. The van der Waals surface area contributed by atoms with Gasteiger partial charge in [-0.05, 0) is 47.5 Å². The summed E-state index contributed by atoms with van der Waals surface area (Å²) in [5.74, 6) is -0.884. The Balaban J connectivity index is 2.92. The summed E-state index contributed by atoms with van der Waals surface area (Å²) in [6.45, 7) is 3.98. The third kappa shape index (κ3) is 5.08. The van der Waals surface area contributed by atoms with E-state index in [1.807, 2.05) is 6.92 Å². The highest BCUT2D eigenvalue weighted by Gasteiger charge is 2.19. The van der Waals surface area contributed by atoms with Crippen LogP contribution in [0.2, 0.25) is 0 Å². The average Bonchev–Trinajstić information content (AvgIpc) is 2.43. The van der Waals surface area contributed by atoms with Crippen LogP contribution in [0.5, 0.6) is 0 Å². The molecule has 1 rings (SSSR count). The Morgan fingerprint density at radius 3 is 2.55 bits per heavy atom. The van der Waals surface area contributed by atoms with Crippen molar-refractivity contribution in [1.29, 1.82) is 0 Å². The predicted octanol–water partition coefficient (Wildman–Crippen LogP) is 0.741. The number of halogens is 1. The van der Waals surface area contributed by atoms with Crippen LogP contribution < -0.4 is 15.8 Å². The lowest BCUT2D eigenvalue weighted by Crippen LogP contribution is -2.45. The maximum Gasteiger partial charge on any atom is 0.253 e. The van der Waals surface area contributed by atoms with E-state index in [2.05, 4.69) is 26.6 Å². The van der Waals surface area contributed by atoms with Gasteiger partial charge in [0.25, 0.3) is 5.91 Å². The second kappa shape index (κ2) is 7.70. The number of sulfonamides is 1. The third-order valence-electron chi connectivity index (χ3n) is 2.80. The summed E-state index contributed by atoms with van der Waals surface area (Å²) in [7, 11) is -3.91. The normalized spacial score (nSPS) is 12.5. The number of carbonyl (C=O) groups excluding carboxylic acids is 2. The smallest absolute Gasteiger partial charge is 0.253 e. The number of amides is 2. The molecule has 0 bridgehead atoms. The van der Waals surface area contributed by atoms with E-state index >= 15 is 0 Å². The quantitative estimate of drug-likeness (QED) is 0.662. The van der Waals surface area contributed by atoms with Crippen LogP contribution in [0.15, 0.2) is 27.6 Å². The SMILES string of the molecule is CCCNC(=O)[C@@H](C)NC(=O)c1cc(S(N)(=O)=O)ccc1Br. The molecule has 0 saturated carbocycles. The Morgan fingerprint density at radius 2 is 2.00 bits per heavy atom. The van der Waals surface area contributed by atoms with E-state index in [9.17, 15) is 18.0 Å². The molecule has 1 aromatic carbocycles. The van der Waals surface area contributed by atoms with Crippen LogP contribution in [0.1, 0.15) is 30.6 Å². The first-order valence-electron chi connectivity index (χ1n) is 6.57. The van der Waals surface area contributed by atoms with Crippen molar-refractivity contribution in [2.24, 2.45) is 5.14 Å². The maximum absolute atomic E-state index is 12.2. The van der Waals surface area contributed by atoms with Crippen molar-refractivity contribution in [3.63, 3.8) is 0 Å². The van der Waals surface area contributed by atoms with Gasteiger partial charge in [-0.15, -0.1) is 0 Å². The molecule has 1 atom stereocenters. The van der Waals surface area contributed by atoms with E-state index in [1.165, 1.54) is 12.1 Å². The van der Waals surface area contributed by atoms with Gasteiger partial charge in [0.15, 0.2) is 0 Å². The van der Waals surface area contributed by atoms with E-state index in [-0.39, 0.29) is 16.4 Å². The number of nitrogens with one attached hydrogen (secondary N) is 2. The number of hydrogen-bond donors (Lipinski definition) is 3. The van der Waals surface area contributed by atoms with Gasteiger partial charge in [0.05, 0.1) is 10.5 Å². The van der Waals surface area contributed by atoms with Crippen molar-refractivity contribution in [3.8, 4) is 0 Å². The highest BCUT2D eigenvalue weighted by molar-refractivity contribution is 9.10. The van der Waals surface area contributed by atoms with E-state index in [4.69, 9.17) is 5.14 Å². The molecule has 0 heterocycles. The third-order valence-corrected chi connectivity index (χ3v) is 4.40. The Labute approximate surface area is 137 Å². The molecule has 1 aromatic rings. The number of carbonyl (C=O) groups is 2. The number of rotatable bonds is 6. The largest absolute Gasteiger partial charge is 0.354 e. The zero-order valence-electron chi connectivity index (χ0n) is 12.2. The second-order valence-corrected chi connectivity index (χ2v) is 7.09. The van der Waals surface area contributed by atoms with Crippen LogP contribution in [0.3, 0.4) is 0 Å². The molecular formula is C13H18BrN3O4S. The predicted molar refractivity (Wildman–Crippen MR) is 85.7 cm³/mol. The van der Waals surface area contributed by atoms with E-state index in [0.717, 1.165) is 12.5 Å². The minimum atomic E-state index is -3.91. The fourth-order valence-electron chi connectivity index (χ4n) is 1.60. The van der Waals surface area contributed by atoms with Crippen LogP contribution >= 0.6 is 15.9 Å². The molecule has 0 unspecified atom stereocenters. The number of hydrogen-bond acceptors (Lipinski definition) is 4. The molecule has 9 heteroatoms. The van der Waals surface area contributed by atoms with Crippen molar-refractivity contribution < 1.29 is 18.0 Å². The number of primary sulfonamides is 1. The highest BCUT2D eigenvalue weighted by Crippen LogP contribution is 2.20. The zero-order valence-corrected chi connectivity index (χ0v) is 14.6. The summed E-state index contributed by atoms with van der Waals surface area (Å²) in [6, 6.07) is 3.11.